The van der Waals surface area contributed by atoms with Crippen molar-refractivity contribution in [1.29, 1.82) is 0 Å². The van der Waals surface area contributed by atoms with Gasteiger partial charge in [0, 0.05) is 5.56 Å². The molecule has 3 N–H and O–H groups in total. The first-order valence-electron chi connectivity index (χ1n) is 4.57. The fraction of sp³-hybridized carbons (Fsp3) is 0.111. The molecule has 16 heavy (non-hydrogen) atoms. The van der Waals surface area contributed by atoms with Crippen molar-refractivity contribution in [2.24, 2.45) is 10.9 Å². The molecule has 0 amide bonds. The lowest BCUT2D eigenvalue weighted by Crippen LogP contribution is -2.13. The second-order valence-electron chi connectivity index (χ2n) is 3.15. The maximum Gasteiger partial charge on any atom is 0.170 e. The molecule has 0 saturated heterocycles. The van der Waals surface area contributed by atoms with E-state index < -0.39 is 0 Å². The topological polar surface area (TPSA) is 102 Å². The number of amidine groups is 1. The summed E-state index contributed by atoms with van der Waals surface area (Å²) in [5.41, 5.74) is 7.11. The quantitative estimate of drug-likeness (QED) is 0.322. The highest BCUT2D eigenvalue weighted by molar-refractivity contribution is 5.96. The molecule has 0 saturated carbocycles. The van der Waals surface area contributed by atoms with Gasteiger partial charge in [-0.3, -0.25) is 0 Å². The SMILES string of the molecule is NC(=NO)c1ccc(Cn2ncnn2)cc1. The van der Waals surface area contributed by atoms with Crippen molar-refractivity contribution in [3.05, 3.63) is 41.7 Å². The number of tetrazole rings is 1. The summed E-state index contributed by atoms with van der Waals surface area (Å²) in [5, 5.41) is 22.7. The van der Waals surface area contributed by atoms with Crippen molar-refractivity contribution in [3.8, 4) is 0 Å². The third-order valence-corrected chi connectivity index (χ3v) is 2.07. The first-order chi connectivity index (χ1) is 7.79. The molecule has 0 bridgehead atoms. The molecule has 0 unspecified atom stereocenters. The van der Waals surface area contributed by atoms with E-state index in [2.05, 4.69) is 20.6 Å². The van der Waals surface area contributed by atoms with Crippen LogP contribution in [0.2, 0.25) is 0 Å². The lowest BCUT2D eigenvalue weighted by molar-refractivity contribution is 0.318. The van der Waals surface area contributed by atoms with Crippen molar-refractivity contribution in [2.75, 3.05) is 0 Å². The minimum atomic E-state index is 0.0884. The first-order valence-corrected chi connectivity index (χ1v) is 4.57. The average molecular weight is 218 g/mol. The van der Waals surface area contributed by atoms with Gasteiger partial charge in [0.15, 0.2) is 12.2 Å². The maximum absolute atomic E-state index is 8.50. The molecular weight excluding hydrogens is 208 g/mol. The largest absolute Gasteiger partial charge is 0.409 e. The number of hydrogen-bond donors (Lipinski definition) is 2. The van der Waals surface area contributed by atoms with E-state index in [9.17, 15) is 0 Å². The van der Waals surface area contributed by atoms with E-state index in [0.29, 0.717) is 12.1 Å². The second-order valence-corrected chi connectivity index (χ2v) is 3.15. The molecule has 0 fully saturated rings. The van der Waals surface area contributed by atoms with Crippen LogP contribution in [0.15, 0.2) is 35.7 Å². The molecule has 0 aliphatic carbocycles. The fourth-order valence-electron chi connectivity index (χ4n) is 1.26. The lowest BCUT2D eigenvalue weighted by Gasteiger charge is -2.01. The van der Waals surface area contributed by atoms with Gasteiger partial charge in [0.05, 0.1) is 6.54 Å². The van der Waals surface area contributed by atoms with Crippen LogP contribution in [-0.4, -0.2) is 31.3 Å². The highest BCUT2D eigenvalue weighted by atomic mass is 16.4. The Bertz CT molecular complexity index is 475. The summed E-state index contributed by atoms with van der Waals surface area (Å²) in [4.78, 5) is 1.47. The van der Waals surface area contributed by atoms with Crippen LogP contribution in [0.5, 0.6) is 0 Å². The Morgan fingerprint density at radius 1 is 1.38 bits per heavy atom. The molecular formula is C9H10N6O. The third kappa shape index (κ3) is 2.14. The Morgan fingerprint density at radius 3 is 2.69 bits per heavy atom. The van der Waals surface area contributed by atoms with Crippen molar-refractivity contribution in [2.45, 2.75) is 6.54 Å². The molecule has 7 heteroatoms. The van der Waals surface area contributed by atoms with Crippen molar-refractivity contribution in [1.82, 2.24) is 20.2 Å². The zero-order chi connectivity index (χ0) is 11.4. The highest BCUT2D eigenvalue weighted by Gasteiger charge is 2.00. The van der Waals surface area contributed by atoms with Gasteiger partial charge >= 0.3 is 0 Å². The van der Waals surface area contributed by atoms with Gasteiger partial charge in [-0.05, 0) is 10.8 Å². The van der Waals surface area contributed by atoms with Crippen LogP contribution in [0, 0.1) is 0 Å². The van der Waals surface area contributed by atoms with Crippen LogP contribution in [-0.2, 0) is 6.54 Å². The van der Waals surface area contributed by atoms with Crippen LogP contribution < -0.4 is 5.73 Å². The van der Waals surface area contributed by atoms with Crippen molar-refractivity contribution in [3.63, 3.8) is 0 Å². The number of oxime groups is 1. The molecule has 1 heterocycles. The van der Waals surface area contributed by atoms with Crippen LogP contribution in [0.3, 0.4) is 0 Å². The van der Waals surface area contributed by atoms with E-state index in [1.165, 1.54) is 11.1 Å². The molecule has 2 rings (SSSR count). The number of nitrogens with zero attached hydrogens (tertiary/aromatic N) is 5. The Morgan fingerprint density at radius 2 is 2.12 bits per heavy atom. The van der Waals surface area contributed by atoms with Gasteiger partial charge < -0.3 is 10.9 Å². The molecule has 7 nitrogen and oxygen atoms in total. The van der Waals surface area contributed by atoms with E-state index in [1.807, 2.05) is 12.1 Å². The highest BCUT2D eigenvalue weighted by Crippen LogP contribution is 2.04. The van der Waals surface area contributed by atoms with Crippen LogP contribution in [0.1, 0.15) is 11.1 Å². The fourth-order valence-corrected chi connectivity index (χ4v) is 1.26. The Labute approximate surface area is 91.2 Å². The van der Waals surface area contributed by atoms with Gasteiger partial charge in [-0.2, -0.15) is 4.80 Å². The zero-order valence-electron chi connectivity index (χ0n) is 8.35. The predicted molar refractivity (Wildman–Crippen MR) is 55.9 cm³/mol. The second kappa shape index (κ2) is 4.39. The van der Waals surface area contributed by atoms with Gasteiger partial charge in [0.25, 0.3) is 0 Å². The molecule has 1 aromatic carbocycles. The molecule has 0 aliphatic heterocycles. The molecule has 0 aliphatic rings. The molecule has 2 aromatic rings. The first kappa shape index (κ1) is 10.1. The van der Waals surface area contributed by atoms with Crippen molar-refractivity contribution < 1.29 is 5.21 Å². The summed E-state index contributed by atoms with van der Waals surface area (Å²) in [7, 11) is 0. The number of benzene rings is 1. The Hall–Kier alpha value is -2.44. The van der Waals surface area contributed by atoms with E-state index in [-0.39, 0.29) is 5.84 Å². The monoisotopic (exact) mass is 218 g/mol. The molecule has 0 radical (unpaired) electrons. The van der Waals surface area contributed by atoms with Crippen molar-refractivity contribution >= 4 is 5.84 Å². The number of aromatic nitrogens is 4. The summed E-state index contributed by atoms with van der Waals surface area (Å²) in [5.74, 6) is 0.0884. The summed E-state index contributed by atoms with van der Waals surface area (Å²) in [6.07, 6.45) is 1.38. The van der Waals surface area contributed by atoms with E-state index in [4.69, 9.17) is 10.9 Å². The number of hydrogen-bond acceptors (Lipinski definition) is 5. The minimum absolute atomic E-state index is 0.0884. The van der Waals surface area contributed by atoms with Crippen LogP contribution in [0.25, 0.3) is 0 Å². The Balaban J connectivity index is 2.14. The third-order valence-electron chi connectivity index (χ3n) is 2.07. The molecule has 1 aromatic heterocycles. The number of rotatable bonds is 3. The molecule has 0 spiro atoms. The smallest absolute Gasteiger partial charge is 0.170 e. The Kier molecular flexibility index (Phi) is 2.77. The molecule has 0 atom stereocenters. The van der Waals surface area contributed by atoms with Gasteiger partial charge in [-0.15, -0.1) is 10.2 Å². The van der Waals surface area contributed by atoms with Gasteiger partial charge in [-0.1, -0.05) is 29.4 Å². The minimum Gasteiger partial charge on any atom is -0.409 e. The van der Waals surface area contributed by atoms with Gasteiger partial charge in [-0.25, -0.2) is 0 Å². The summed E-state index contributed by atoms with van der Waals surface area (Å²) < 4.78 is 0. The van der Waals surface area contributed by atoms with Crippen LogP contribution in [0.4, 0.5) is 0 Å². The standard InChI is InChI=1S/C9H10N6O/c10-9(13-16)8-3-1-7(2-4-8)5-15-12-6-11-14-15/h1-4,6,16H,5H2,(H2,10,13). The van der Waals surface area contributed by atoms with E-state index in [0.717, 1.165) is 5.56 Å². The predicted octanol–water partition coefficient (Wildman–Crippen LogP) is -0.184. The lowest BCUT2D eigenvalue weighted by atomic mass is 10.1. The zero-order valence-corrected chi connectivity index (χ0v) is 8.35. The van der Waals surface area contributed by atoms with Gasteiger partial charge in [0.1, 0.15) is 0 Å². The summed E-state index contributed by atoms with van der Waals surface area (Å²) in [6.45, 7) is 0.538. The molecule has 82 valence electrons. The van der Waals surface area contributed by atoms with E-state index >= 15 is 0 Å². The van der Waals surface area contributed by atoms with Gasteiger partial charge in [0.2, 0.25) is 0 Å². The number of nitrogens with two attached hydrogens (primary N) is 1. The summed E-state index contributed by atoms with van der Waals surface area (Å²) in [6, 6.07) is 7.25. The van der Waals surface area contributed by atoms with Crippen LogP contribution >= 0.6 is 0 Å². The maximum atomic E-state index is 8.50. The normalized spacial score (nSPS) is 11.6. The summed E-state index contributed by atoms with van der Waals surface area (Å²) >= 11 is 0. The van der Waals surface area contributed by atoms with E-state index in [1.54, 1.807) is 12.1 Å². The average Bonchev–Trinajstić information content (AvgIpc) is 2.82.